The van der Waals surface area contributed by atoms with E-state index in [0.717, 1.165) is 57.0 Å². The average Bonchev–Trinajstić information content (AvgIpc) is 3.24. The molecule has 158 valence electrons. The van der Waals surface area contributed by atoms with Crippen molar-refractivity contribution in [3.8, 4) is 0 Å². The Bertz CT molecular complexity index is 572. The third-order valence-corrected chi connectivity index (χ3v) is 5.51. The Labute approximate surface area is 172 Å². The summed E-state index contributed by atoms with van der Waals surface area (Å²) in [5, 5.41) is 8.65. The highest BCUT2D eigenvalue weighted by molar-refractivity contribution is 7.13. The van der Waals surface area contributed by atoms with E-state index in [-0.39, 0.29) is 18.6 Å². The second kappa shape index (κ2) is 13.8. The number of nitrogens with zero attached hydrogens (tertiary/aromatic N) is 2. The van der Waals surface area contributed by atoms with E-state index in [1.807, 2.05) is 0 Å². The lowest BCUT2D eigenvalue weighted by Crippen LogP contribution is -2.44. The van der Waals surface area contributed by atoms with Crippen molar-refractivity contribution in [2.45, 2.75) is 31.9 Å². The molecule has 2 unspecified atom stereocenters. The highest BCUT2D eigenvalue weighted by Crippen LogP contribution is 2.06. The Hall–Kier alpha value is -1.32. The summed E-state index contributed by atoms with van der Waals surface area (Å²) in [7, 11) is 2.43. The fraction of sp³-hybridized carbons (Fsp3) is 0.706. The Morgan fingerprint density at radius 1 is 1.29 bits per heavy atom. The van der Waals surface area contributed by atoms with E-state index in [9.17, 15) is 9.59 Å². The number of carbonyl (C=O) groups is 2. The molecule has 2 amide bonds. The van der Waals surface area contributed by atoms with Crippen LogP contribution >= 0.6 is 20.7 Å². The van der Waals surface area contributed by atoms with Crippen LogP contribution in [0.25, 0.3) is 0 Å². The smallest absolute Gasteiger partial charge is 0.407 e. The van der Waals surface area contributed by atoms with Crippen molar-refractivity contribution in [2.24, 2.45) is 0 Å². The molecule has 11 heteroatoms. The van der Waals surface area contributed by atoms with Crippen LogP contribution in [-0.2, 0) is 20.9 Å². The van der Waals surface area contributed by atoms with Gasteiger partial charge in [0.2, 0.25) is 5.91 Å². The van der Waals surface area contributed by atoms with E-state index in [0.29, 0.717) is 13.1 Å². The first-order valence-electron chi connectivity index (χ1n) is 9.51. The van der Waals surface area contributed by atoms with Gasteiger partial charge < -0.3 is 20.1 Å². The summed E-state index contributed by atoms with van der Waals surface area (Å²) in [4.78, 5) is 31.0. The van der Waals surface area contributed by atoms with Crippen LogP contribution in [-0.4, -0.2) is 73.9 Å². The van der Waals surface area contributed by atoms with Crippen LogP contribution in [0.15, 0.2) is 11.7 Å². The molecule has 0 spiro atoms. The van der Waals surface area contributed by atoms with E-state index in [1.165, 1.54) is 11.3 Å². The van der Waals surface area contributed by atoms with Crippen molar-refractivity contribution in [1.82, 2.24) is 25.6 Å². The molecule has 1 aliphatic heterocycles. The van der Waals surface area contributed by atoms with Gasteiger partial charge in [0, 0.05) is 38.9 Å². The minimum atomic E-state index is -0.437. The van der Waals surface area contributed by atoms with Crippen LogP contribution in [0, 0.1) is 0 Å². The maximum absolute atomic E-state index is 12.3. The summed E-state index contributed by atoms with van der Waals surface area (Å²) in [5.74, 6) is 0.000172. The number of carbonyl (C=O) groups excluding carboxylic acids is 2. The fourth-order valence-electron chi connectivity index (χ4n) is 2.70. The van der Waals surface area contributed by atoms with Gasteiger partial charge in [-0.1, -0.05) is 9.39 Å². The molecule has 2 heterocycles. The molecule has 1 aromatic heterocycles. The second-order valence-corrected chi connectivity index (χ2v) is 7.73. The third-order valence-electron chi connectivity index (χ3n) is 4.36. The van der Waals surface area contributed by atoms with E-state index >= 15 is 0 Å². The third kappa shape index (κ3) is 9.25. The molecule has 9 nitrogen and oxygen atoms in total. The Morgan fingerprint density at radius 3 is 2.71 bits per heavy atom. The molecule has 0 saturated carbocycles. The quantitative estimate of drug-likeness (QED) is 0.331. The van der Waals surface area contributed by atoms with Gasteiger partial charge in [0.15, 0.2) is 0 Å². The van der Waals surface area contributed by atoms with Gasteiger partial charge in [0.05, 0.1) is 29.6 Å². The number of hydrogen-bond acceptors (Lipinski definition) is 8. The van der Waals surface area contributed by atoms with Crippen LogP contribution < -0.4 is 15.7 Å². The minimum absolute atomic E-state index is 0.000172. The molecule has 0 bridgehead atoms. The Kier molecular flexibility index (Phi) is 11.3. The molecule has 1 saturated heterocycles. The maximum atomic E-state index is 12.3. The topological polar surface area (TPSA) is 105 Å². The van der Waals surface area contributed by atoms with Gasteiger partial charge in [0.1, 0.15) is 6.61 Å². The lowest BCUT2D eigenvalue weighted by Gasteiger charge is -2.28. The first-order chi connectivity index (χ1) is 13.7. The number of aromatic nitrogens is 1. The Morgan fingerprint density at radius 2 is 2.04 bits per heavy atom. The molecule has 2 atom stereocenters. The van der Waals surface area contributed by atoms with Gasteiger partial charge in [-0.3, -0.25) is 19.8 Å². The number of rotatable bonds is 12. The van der Waals surface area contributed by atoms with Crippen LogP contribution in [0.2, 0.25) is 0 Å². The van der Waals surface area contributed by atoms with Crippen molar-refractivity contribution < 1.29 is 19.1 Å². The van der Waals surface area contributed by atoms with E-state index in [4.69, 9.17) is 9.47 Å². The number of alkyl carbamates (subject to hydrolysis) is 1. The number of morpholine rings is 1. The zero-order chi connectivity index (χ0) is 20.0. The molecular weight excluding hydrogens is 401 g/mol. The number of hydrogen-bond donors (Lipinski definition) is 3. The molecule has 1 aromatic rings. The lowest BCUT2D eigenvalue weighted by atomic mass is 10.2. The number of ether oxygens (including phenoxy) is 2. The Balaban J connectivity index is 1.47. The average molecular weight is 431 g/mol. The van der Waals surface area contributed by atoms with Crippen molar-refractivity contribution in [3.05, 3.63) is 16.6 Å². The summed E-state index contributed by atoms with van der Waals surface area (Å²) in [5.41, 5.74) is 1.70. The maximum Gasteiger partial charge on any atom is 0.407 e. The monoisotopic (exact) mass is 431 g/mol. The predicted octanol–water partition coefficient (Wildman–Crippen LogP) is 0.736. The summed E-state index contributed by atoms with van der Waals surface area (Å²) >= 11 is 1.45. The molecule has 0 radical (unpaired) electrons. The zero-order valence-corrected chi connectivity index (χ0v) is 18.0. The first kappa shape index (κ1) is 23.0. The van der Waals surface area contributed by atoms with Crippen LogP contribution in [0.5, 0.6) is 0 Å². The number of nitrogens with one attached hydrogen (secondary N) is 3. The van der Waals surface area contributed by atoms with Crippen molar-refractivity contribution in [3.63, 3.8) is 0 Å². The molecule has 2 rings (SSSR count). The van der Waals surface area contributed by atoms with Crippen molar-refractivity contribution >= 4 is 32.7 Å². The van der Waals surface area contributed by atoms with Gasteiger partial charge in [-0.15, -0.1) is 11.3 Å². The molecule has 28 heavy (non-hydrogen) atoms. The summed E-state index contributed by atoms with van der Waals surface area (Å²) in [6, 6.07) is -0.229. The van der Waals surface area contributed by atoms with Crippen LogP contribution in [0.1, 0.15) is 24.1 Å². The van der Waals surface area contributed by atoms with E-state index in [1.54, 1.807) is 11.7 Å². The normalized spacial score (nSPS) is 15.8. The van der Waals surface area contributed by atoms with Crippen molar-refractivity contribution in [1.29, 1.82) is 0 Å². The van der Waals surface area contributed by atoms with E-state index in [2.05, 4.69) is 35.0 Å². The number of thiazole rings is 1. The molecule has 0 aliphatic carbocycles. The van der Waals surface area contributed by atoms with Crippen molar-refractivity contribution in [2.75, 3.05) is 45.9 Å². The number of unbranched alkanes of at least 4 members (excludes halogenated alkanes) is 1. The predicted molar refractivity (Wildman–Crippen MR) is 111 cm³/mol. The van der Waals surface area contributed by atoms with Gasteiger partial charge >= 0.3 is 6.09 Å². The fourth-order valence-corrected chi connectivity index (χ4v) is 3.53. The van der Waals surface area contributed by atoms with E-state index < -0.39 is 6.09 Å². The molecule has 0 aromatic carbocycles. The molecule has 1 fully saturated rings. The van der Waals surface area contributed by atoms with Gasteiger partial charge in [-0.05, 0) is 19.3 Å². The van der Waals surface area contributed by atoms with Gasteiger partial charge in [-0.25, -0.2) is 4.79 Å². The summed E-state index contributed by atoms with van der Waals surface area (Å²) in [6.07, 6.45) is 3.55. The van der Waals surface area contributed by atoms with Gasteiger partial charge in [0.25, 0.3) is 0 Å². The standard InChI is InChI=1S/C17H30N5O4PS/c23-16(15(21-27)3-6-22-7-9-25-10-8-22)19-4-1-2-5-20-17(24)26-12-14-11-18-13-28-14/h11,13,15,21H,1-10,12,27H2,(H,19,23)(H,20,24). The molecular formula is C17H30N5O4PS. The minimum Gasteiger partial charge on any atom is -0.444 e. The highest BCUT2D eigenvalue weighted by atomic mass is 32.1. The SMILES string of the molecule is O=C(NCCCCNC(=O)C(CCN1CCOCC1)NP)OCc1cncs1. The number of amides is 2. The highest BCUT2D eigenvalue weighted by Gasteiger charge is 2.18. The zero-order valence-electron chi connectivity index (χ0n) is 16.0. The van der Waals surface area contributed by atoms with Crippen LogP contribution in [0.4, 0.5) is 4.79 Å². The second-order valence-electron chi connectivity index (χ2n) is 6.43. The summed E-state index contributed by atoms with van der Waals surface area (Å²) < 4.78 is 10.4. The largest absolute Gasteiger partial charge is 0.444 e. The van der Waals surface area contributed by atoms with Crippen LogP contribution in [0.3, 0.4) is 0 Å². The van der Waals surface area contributed by atoms with Gasteiger partial charge in [-0.2, -0.15) is 0 Å². The first-order valence-corrected chi connectivity index (χ1v) is 11.0. The summed E-state index contributed by atoms with van der Waals surface area (Å²) in [6.45, 7) is 5.57. The molecule has 1 aliphatic rings. The lowest BCUT2D eigenvalue weighted by molar-refractivity contribution is -0.122. The molecule has 3 N–H and O–H groups in total.